The van der Waals surface area contributed by atoms with E-state index >= 15 is 0 Å². The third-order valence-corrected chi connectivity index (χ3v) is 6.77. The number of ether oxygens (including phenoxy) is 2. The van der Waals surface area contributed by atoms with Gasteiger partial charge in [0.2, 0.25) is 0 Å². The zero-order valence-corrected chi connectivity index (χ0v) is 13.0. The fraction of sp³-hybridized carbons (Fsp3) is 0.176. The monoisotopic (exact) mass is 307 g/mol. The van der Waals surface area contributed by atoms with Gasteiger partial charge in [-0.15, -0.1) is 0 Å². The molecule has 0 spiro atoms. The van der Waals surface area contributed by atoms with Crippen molar-refractivity contribution in [2.45, 2.75) is 19.0 Å². The number of para-hydroxylation sites is 2. The molecule has 2 aromatic carbocycles. The van der Waals surface area contributed by atoms with Crippen LogP contribution in [-0.4, -0.2) is 24.2 Å². The molecule has 0 unspecified atom stereocenters. The Morgan fingerprint density at radius 2 is 1.27 bits per heavy atom. The molecule has 0 aliphatic carbocycles. The van der Waals surface area contributed by atoms with Gasteiger partial charge in [0, 0.05) is 36.6 Å². The smallest absolute Gasteiger partial charge is 0.396 e. The van der Waals surface area contributed by atoms with E-state index in [0.717, 1.165) is 24.6 Å². The van der Waals surface area contributed by atoms with E-state index in [4.69, 9.17) is 9.47 Å². The maximum absolute atomic E-state index is 6.28. The predicted octanol–water partition coefficient (Wildman–Crippen LogP) is 2.61. The number of hydrogen-bond acceptors (Lipinski definition) is 4. The molecule has 2 aromatic rings. The van der Waals surface area contributed by atoms with Crippen molar-refractivity contribution >= 4 is 9.12 Å². The van der Waals surface area contributed by atoms with Gasteiger partial charge in [0.05, 0.1) is 0 Å². The summed E-state index contributed by atoms with van der Waals surface area (Å²) in [4.78, 5) is 0. The van der Waals surface area contributed by atoms with Gasteiger partial charge in [0.25, 0.3) is 5.91 Å². The molecule has 3 aliphatic rings. The Morgan fingerprint density at radius 1 is 0.773 bits per heavy atom. The highest BCUT2D eigenvalue weighted by atomic mass is 28.3. The summed E-state index contributed by atoms with van der Waals surface area (Å²) in [5, 5.41) is 0. The topological polar surface area (TPSA) is 24.9 Å². The Labute approximate surface area is 130 Å². The molecule has 0 fully saturated rings. The average Bonchev–Trinajstić information content (AvgIpc) is 2.76. The largest absolute Gasteiger partial charge is 0.454 e. The standard InChI is InChI=1S/C17H15N2O2Si/c1-3-7-15-13(5-1)11-18-9-10-19-12-14-6-2-4-8-16(14)21-17(20-15)22(18)19/h1-10,17H,11-12H2. The second kappa shape index (κ2) is 4.54. The van der Waals surface area contributed by atoms with Crippen LogP contribution in [0.5, 0.6) is 11.5 Å². The lowest BCUT2D eigenvalue weighted by atomic mass is 10.2. The van der Waals surface area contributed by atoms with Gasteiger partial charge in [0.15, 0.2) is 0 Å². The first-order valence-corrected chi connectivity index (χ1v) is 8.93. The van der Waals surface area contributed by atoms with Crippen LogP contribution < -0.4 is 9.47 Å². The molecule has 5 rings (SSSR count). The zero-order valence-electron chi connectivity index (χ0n) is 12.0. The van der Waals surface area contributed by atoms with E-state index in [-0.39, 0.29) is 5.91 Å². The van der Waals surface area contributed by atoms with E-state index in [2.05, 4.69) is 45.8 Å². The molecule has 0 aromatic heterocycles. The molecule has 0 saturated heterocycles. The minimum absolute atomic E-state index is 0.243. The van der Waals surface area contributed by atoms with Crippen LogP contribution in [0.2, 0.25) is 0 Å². The third-order valence-electron chi connectivity index (χ3n) is 4.32. The minimum atomic E-state index is -1.13. The molecule has 5 heteroatoms. The fourth-order valence-corrected chi connectivity index (χ4v) is 5.68. The van der Waals surface area contributed by atoms with Gasteiger partial charge in [-0.3, -0.25) is 0 Å². The molecule has 0 bridgehead atoms. The van der Waals surface area contributed by atoms with Crippen LogP contribution in [0.1, 0.15) is 11.1 Å². The molecule has 1 radical (unpaired) electrons. The molecular formula is C17H15N2O2Si. The van der Waals surface area contributed by atoms with Gasteiger partial charge < -0.3 is 18.6 Å². The molecule has 0 atom stereocenters. The molecular weight excluding hydrogens is 292 g/mol. The van der Waals surface area contributed by atoms with Crippen LogP contribution in [0.15, 0.2) is 60.9 Å². The van der Waals surface area contributed by atoms with Crippen LogP contribution >= 0.6 is 0 Å². The SMILES string of the molecule is C1=CN2Cc3ccccc3OC3Oc4ccccc4CN1[Si]32. The summed E-state index contributed by atoms with van der Waals surface area (Å²) < 4.78 is 17.3. The summed E-state index contributed by atoms with van der Waals surface area (Å²) >= 11 is 0. The van der Waals surface area contributed by atoms with E-state index in [1.165, 1.54) is 11.1 Å². The summed E-state index contributed by atoms with van der Waals surface area (Å²) in [6, 6.07) is 16.5. The highest BCUT2D eigenvalue weighted by Gasteiger charge is 2.46. The maximum Gasteiger partial charge on any atom is 0.396 e. The van der Waals surface area contributed by atoms with Crippen LogP contribution in [0.4, 0.5) is 0 Å². The highest BCUT2D eigenvalue weighted by Crippen LogP contribution is 2.35. The van der Waals surface area contributed by atoms with E-state index < -0.39 is 9.12 Å². The fourth-order valence-electron chi connectivity index (χ4n) is 3.24. The summed E-state index contributed by atoms with van der Waals surface area (Å²) in [5.41, 5.74) is 2.44. The zero-order chi connectivity index (χ0) is 14.5. The van der Waals surface area contributed by atoms with Crippen molar-refractivity contribution in [1.29, 1.82) is 0 Å². The van der Waals surface area contributed by atoms with Crippen molar-refractivity contribution in [3.05, 3.63) is 72.1 Å². The molecule has 3 heterocycles. The van der Waals surface area contributed by atoms with E-state index in [1.807, 2.05) is 24.3 Å². The first-order chi connectivity index (χ1) is 10.9. The second-order valence-corrected chi connectivity index (χ2v) is 8.03. The van der Waals surface area contributed by atoms with Crippen LogP contribution in [-0.2, 0) is 13.1 Å². The van der Waals surface area contributed by atoms with Gasteiger partial charge in [-0.1, -0.05) is 36.4 Å². The van der Waals surface area contributed by atoms with Crippen molar-refractivity contribution in [3.8, 4) is 11.5 Å². The lowest BCUT2D eigenvalue weighted by Gasteiger charge is -2.29. The number of rotatable bonds is 0. The minimum Gasteiger partial charge on any atom is -0.454 e. The molecule has 0 saturated carbocycles. The van der Waals surface area contributed by atoms with Crippen LogP contribution in [0, 0.1) is 0 Å². The molecule has 0 N–H and O–H groups in total. The molecule has 22 heavy (non-hydrogen) atoms. The number of fused-ring (bicyclic) bond motifs is 2. The van der Waals surface area contributed by atoms with Crippen LogP contribution in [0.3, 0.4) is 0 Å². The van der Waals surface area contributed by atoms with Gasteiger partial charge >= 0.3 is 9.12 Å². The van der Waals surface area contributed by atoms with Crippen molar-refractivity contribution in [3.63, 3.8) is 0 Å². The Kier molecular flexibility index (Phi) is 2.51. The molecule has 109 valence electrons. The van der Waals surface area contributed by atoms with E-state index in [1.54, 1.807) is 0 Å². The Hall–Kier alpha value is -2.40. The van der Waals surface area contributed by atoms with E-state index in [0.29, 0.717) is 0 Å². The Morgan fingerprint density at radius 3 is 1.82 bits per heavy atom. The lowest BCUT2D eigenvalue weighted by Crippen LogP contribution is -2.54. The number of benzene rings is 2. The first-order valence-electron chi connectivity index (χ1n) is 7.46. The van der Waals surface area contributed by atoms with Crippen LogP contribution in [0.25, 0.3) is 0 Å². The molecule has 4 nitrogen and oxygen atoms in total. The maximum atomic E-state index is 6.28. The Bertz CT molecular complexity index is 702. The highest BCUT2D eigenvalue weighted by molar-refractivity contribution is 6.55. The van der Waals surface area contributed by atoms with Gasteiger partial charge in [0.1, 0.15) is 11.5 Å². The van der Waals surface area contributed by atoms with Gasteiger partial charge in [-0.25, -0.2) is 0 Å². The van der Waals surface area contributed by atoms with Crippen molar-refractivity contribution in [1.82, 2.24) is 9.13 Å². The molecule has 0 amide bonds. The van der Waals surface area contributed by atoms with Crippen molar-refractivity contribution in [2.24, 2.45) is 0 Å². The summed E-state index contributed by atoms with van der Waals surface area (Å²) in [7, 11) is -1.13. The summed E-state index contributed by atoms with van der Waals surface area (Å²) in [6.07, 6.45) is 4.37. The lowest BCUT2D eigenvalue weighted by molar-refractivity contribution is 0.0643. The Balaban J connectivity index is 1.62. The predicted molar refractivity (Wildman–Crippen MR) is 83.9 cm³/mol. The summed E-state index contributed by atoms with van der Waals surface area (Å²) in [5.74, 6) is 1.63. The first kappa shape index (κ1) is 12.2. The normalized spacial score (nSPS) is 19.5. The number of nitrogens with zero attached hydrogens (tertiary/aromatic N) is 2. The van der Waals surface area contributed by atoms with Crippen molar-refractivity contribution in [2.75, 3.05) is 0 Å². The quantitative estimate of drug-likeness (QED) is 0.699. The van der Waals surface area contributed by atoms with Gasteiger partial charge in [-0.2, -0.15) is 0 Å². The van der Waals surface area contributed by atoms with Gasteiger partial charge in [-0.05, 0) is 12.1 Å². The summed E-state index contributed by atoms with van der Waals surface area (Å²) in [6.45, 7) is 1.77. The second-order valence-electron chi connectivity index (χ2n) is 5.70. The molecule has 3 aliphatic heterocycles. The van der Waals surface area contributed by atoms with Crippen molar-refractivity contribution < 1.29 is 9.47 Å². The third kappa shape index (κ3) is 1.75. The van der Waals surface area contributed by atoms with E-state index in [9.17, 15) is 0 Å². The average molecular weight is 307 g/mol. The number of hydrogen-bond donors (Lipinski definition) is 0.